The average molecular weight is 480 g/mol. The number of nitrogens with zero attached hydrogens (tertiary/aromatic N) is 1. The van der Waals surface area contributed by atoms with Gasteiger partial charge in [-0.25, -0.2) is 12.8 Å². The van der Waals surface area contributed by atoms with E-state index in [2.05, 4.69) is 39.2 Å². The van der Waals surface area contributed by atoms with Gasteiger partial charge < -0.3 is 5.32 Å². The largest absolute Gasteiger partial charge is 0.355 e. The summed E-state index contributed by atoms with van der Waals surface area (Å²) in [6, 6.07) is 12.7. The van der Waals surface area contributed by atoms with E-state index in [0.29, 0.717) is 18.7 Å². The maximum atomic E-state index is 14.0. The van der Waals surface area contributed by atoms with Gasteiger partial charge in [0.2, 0.25) is 15.9 Å². The Morgan fingerprint density at radius 2 is 1.88 bits per heavy atom. The van der Waals surface area contributed by atoms with Gasteiger partial charge in [0, 0.05) is 26.2 Å². The van der Waals surface area contributed by atoms with E-state index in [9.17, 15) is 17.6 Å². The van der Waals surface area contributed by atoms with Crippen LogP contribution < -0.4 is 10.0 Å². The van der Waals surface area contributed by atoms with E-state index >= 15 is 0 Å². The zero-order valence-electron chi connectivity index (χ0n) is 18.2. The third-order valence-corrected chi connectivity index (χ3v) is 7.66. The Balaban J connectivity index is 1.51. The number of hydrogen-bond acceptors (Lipinski definition) is 5. The normalized spacial score (nSPS) is 15.2. The van der Waals surface area contributed by atoms with Crippen LogP contribution in [-0.4, -0.2) is 56.9 Å². The van der Waals surface area contributed by atoms with E-state index in [1.54, 1.807) is 0 Å². The lowest BCUT2D eigenvalue weighted by Gasteiger charge is -2.28. The van der Waals surface area contributed by atoms with Gasteiger partial charge in [-0.15, -0.1) is 0 Å². The van der Waals surface area contributed by atoms with Gasteiger partial charge in [-0.3, -0.25) is 9.69 Å². The number of rotatable bonds is 11. The van der Waals surface area contributed by atoms with Crippen molar-refractivity contribution in [1.82, 2.24) is 14.9 Å². The van der Waals surface area contributed by atoms with Gasteiger partial charge in [-0.05, 0) is 54.5 Å². The predicted molar refractivity (Wildman–Crippen MR) is 127 cm³/mol. The molecule has 0 saturated heterocycles. The Morgan fingerprint density at radius 3 is 2.62 bits per heavy atom. The van der Waals surface area contributed by atoms with Gasteiger partial charge in [-0.2, -0.15) is 16.5 Å². The van der Waals surface area contributed by atoms with Gasteiger partial charge >= 0.3 is 0 Å². The highest BCUT2D eigenvalue weighted by Crippen LogP contribution is 2.18. The standard InChI is InChI=1S/C23H30FN3O3S2/c1-31-16-12-21(26-32(29,30)22-10-5-4-9-20(22)24)23(28)25-13-6-14-27-15-11-18-7-2-3-8-19(18)17-27/h2-5,7-10,21,26H,6,11-17H2,1H3,(H,25,28). The van der Waals surface area contributed by atoms with E-state index in [1.807, 2.05) is 6.26 Å². The van der Waals surface area contributed by atoms with Crippen molar-refractivity contribution in [3.05, 3.63) is 65.5 Å². The van der Waals surface area contributed by atoms with Crippen LogP contribution in [-0.2, 0) is 27.8 Å². The number of fused-ring (bicyclic) bond motifs is 1. The molecule has 1 unspecified atom stereocenters. The fourth-order valence-electron chi connectivity index (χ4n) is 3.78. The number of carbonyl (C=O) groups excluding carboxylic acids is 1. The number of carbonyl (C=O) groups is 1. The molecule has 1 heterocycles. The second-order valence-electron chi connectivity index (χ2n) is 7.83. The summed E-state index contributed by atoms with van der Waals surface area (Å²) in [5.41, 5.74) is 2.75. The highest BCUT2D eigenvalue weighted by molar-refractivity contribution is 7.98. The summed E-state index contributed by atoms with van der Waals surface area (Å²) >= 11 is 1.52. The minimum Gasteiger partial charge on any atom is -0.355 e. The lowest BCUT2D eigenvalue weighted by Crippen LogP contribution is -2.47. The van der Waals surface area contributed by atoms with E-state index in [0.717, 1.165) is 38.5 Å². The molecule has 0 spiro atoms. The molecule has 2 aromatic rings. The molecular weight excluding hydrogens is 449 g/mol. The van der Waals surface area contributed by atoms with Crippen LogP contribution in [0.15, 0.2) is 53.4 Å². The highest BCUT2D eigenvalue weighted by atomic mass is 32.2. The number of benzene rings is 2. The number of sulfonamides is 1. The monoisotopic (exact) mass is 479 g/mol. The third kappa shape index (κ3) is 6.78. The Morgan fingerprint density at radius 1 is 1.16 bits per heavy atom. The van der Waals surface area contributed by atoms with Crippen molar-refractivity contribution in [2.45, 2.75) is 36.7 Å². The molecule has 32 heavy (non-hydrogen) atoms. The molecule has 1 amide bonds. The highest BCUT2D eigenvalue weighted by Gasteiger charge is 2.27. The predicted octanol–water partition coefficient (Wildman–Crippen LogP) is 2.79. The Labute approximate surface area is 194 Å². The molecule has 2 aromatic carbocycles. The summed E-state index contributed by atoms with van der Waals surface area (Å²) in [5, 5.41) is 2.84. The van der Waals surface area contributed by atoms with Crippen molar-refractivity contribution in [3.8, 4) is 0 Å². The first-order chi connectivity index (χ1) is 15.4. The molecule has 174 valence electrons. The van der Waals surface area contributed by atoms with Crippen molar-refractivity contribution in [2.24, 2.45) is 0 Å². The average Bonchev–Trinajstić information content (AvgIpc) is 2.79. The number of thioether (sulfide) groups is 1. The lowest BCUT2D eigenvalue weighted by atomic mass is 10.00. The molecule has 1 atom stereocenters. The van der Waals surface area contributed by atoms with Crippen LogP contribution in [0.1, 0.15) is 24.0 Å². The van der Waals surface area contributed by atoms with Crippen LogP contribution in [0.5, 0.6) is 0 Å². The lowest BCUT2D eigenvalue weighted by molar-refractivity contribution is -0.122. The molecule has 3 rings (SSSR count). The third-order valence-electron chi connectivity index (χ3n) is 5.51. The number of halogens is 1. The van der Waals surface area contributed by atoms with Crippen molar-refractivity contribution in [3.63, 3.8) is 0 Å². The van der Waals surface area contributed by atoms with Crippen molar-refractivity contribution >= 4 is 27.7 Å². The molecule has 2 N–H and O–H groups in total. The number of hydrogen-bond donors (Lipinski definition) is 2. The van der Waals surface area contributed by atoms with Crippen LogP contribution >= 0.6 is 11.8 Å². The van der Waals surface area contributed by atoms with Crippen LogP contribution in [0.2, 0.25) is 0 Å². The van der Waals surface area contributed by atoms with Crippen molar-refractivity contribution < 1.29 is 17.6 Å². The minimum atomic E-state index is -4.15. The first-order valence-electron chi connectivity index (χ1n) is 10.7. The summed E-state index contributed by atoms with van der Waals surface area (Å²) in [5.74, 6) is -0.625. The van der Waals surface area contributed by atoms with Crippen LogP contribution in [0.25, 0.3) is 0 Å². The summed E-state index contributed by atoms with van der Waals surface area (Å²) < 4.78 is 41.6. The molecule has 0 radical (unpaired) electrons. The van der Waals surface area contributed by atoms with Crippen LogP contribution in [0.3, 0.4) is 0 Å². The Kier molecular flexibility index (Phi) is 9.10. The number of amides is 1. The molecular formula is C23H30FN3O3S2. The summed E-state index contributed by atoms with van der Waals surface area (Å²) in [6.07, 6.45) is 4.00. The molecule has 0 bridgehead atoms. The van der Waals surface area contributed by atoms with Crippen molar-refractivity contribution in [1.29, 1.82) is 0 Å². The molecule has 1 aliphatic heterocycles. The summed E-state index contributed by atoms with van der Waals surface area (Å²) in [7, 11) is -4.15. The Hall–Kier alpha value is -1.94. The van der Waals surface area contributed by atoms with E-state index in [-0.39, 0.29) is 5.91 Å². The van der Waals surface area contributed by atoms with Gasteiger partial charge in [-0.1, -0.05) is 36.4 Å². The second-order valence-corrected chi connectivity index (χ2v) is 10.5. The maximum absolute atomic E-state index is 14.0. The zero-order chi connectivity index (χ0) is 23.0. The zero-order valence-corrected chi connectivity index (χ0v) is 19.9. The van der Waals surface area contributed by atoms with Crippen molar-refractivity contribution in [2.75, 3.05) is 31.6 Å². The van der Waals surface area contributed by atoms with E-state index in [1.165, 1.54) is 41.1 Å². The second kappa shape index (κ2) is 11.8. The molecule has 0 aliphatic carbocycles. The molecule has 1 aliphatic rings. The molecule has 9 heteroatoms. The van der Waals surface area contributed by atoms with Gasteiger partial charge in [0.25, 0.3) is 0 Å². The van der Waals surface area contributed by atoms with Crippen LogP contribution in [0.4, 0.5) is 4.39 Å². The maximum Gasteiger partial charge on any atom is 0.244 e. The Bertz CT molecular complexity index is 1020. The van der Waals surface area contributed by atoms with E-state index < -0.39 is 26.8 Å². The molecule has 0 aromatic heterocycles. The SMILES string of the molecule is CSCCC(NS(=O)(=O)c1ccccc1F)C(=O)NCCCN1CCc2ccccc2C1. The molecule has 0 fully saturated rings. The fraction of sp³-hybridized carbons (Fsp3) is 0.435. The van der Waals surface area contributed by atoms with Gasteiger partial charge in [0.1, 0.15) is 16.8 Å². The van der Waals surface area contributed by atoms with Gasteiger partial charge in [0.15, 0.2) is 0 Å². The smallest absolute Gasteiger partial charge is 0.244 e. The van der Waals surface area contributed by atoms with Crippen LogP contribution in [0, 0.1) is 5.82 Å². The fourth-order valence-corrected chi connectivity index (χ4v) is 5.56. The summed E-state index contributed by atoms with van der Waals surface area (Å²) in [4.78, 5) is 14.6. The molecule has 6 nitrogen and oxygen atoms in total. The first-order valence-corrected chi connectivity index (χ1v) is 13.6. The number of nitrogens with one attached hydrogen (secondary N) is 2. The summed E-state index contributed by atoms with van der Waals surface area (Å²) in [6.45, 7) is 3.20. The quantitative estimate of drug-likeness (QED) is 0.485. The minimum absolute atomic E-state index is 0.323. The first kappa shape index (κ1) is 24.7. The van der Waals surface area contributed by atoms with Gasteiger partial charge in [0.05, 0.1) is 0 Å². The molecule has 0 saturated carbocycles. The topological polar surface area (TPSA) is 78.5 Å². The van der Waals surface area contributed by atoms with E-state index in [4.69, 9.17) is 0 Å².